The molecule has 0 aliphatic carbocycles. The summed E-state index contributed by atoms with van der Waals surface area (Å²) in [6.45, 7) is 6.01. The summed E-state index contributed by atoms with van der Waals surface area (Å²) in [6, 6.07) is 15.7. The SMILES string of the molecule is C[C@]1(c2ccc(Cl)cn2)Oc2cccc(C3CCN(Cc4nc5ccc(-c6noc(=O)[nH]6)cc5n4C[C@@H]4CCO4)CC3)c2O1. The number of nitrogens with zero attached hydrogens (tertiary/aromatic N) is 5. The molecule has 6 heterocycles. The Morgan fingerprint density at radius 1 is 1.09 bits per heavy atom. The van der Waals surface area contributed by atoms with Crippen LogP contribution in [-0.2, 0) is 23.6 Å². The van der Waals surface area contributed by atoms with Crippen LogP contribution in [0.3, 0.4) is 0 Å². The van der Waals surface area contributed by atoms with Crippen molar-refractivity contribution >= 4 is 22.6 Å². The highest BCUT2D eigenvalue weighted by Gasteiger charge is 2.42. The number of imidazole rings is 1. The summed E-state index contributed by atoms with van der Waals surface area (Å²) in [6.07, 6.45) is 4.79. The lowest BCUT2D eigenvalue weighted by Gasteiger charge is -2.33. The van der Waals surface area contributed by atoms with Crippen LogP contribution < -0.4 is 15.2 Å². The number of nitrogens with one attached hydrogen (secondary N) is 1. The Hall–Kier alpha value is -4.19. The third-order valence-corrected chi connectivity index (χ3v) is 9.14. The highest BCUT2D eigenvalue weighted by molar-refractivity contribution is 6.30. The molecule has 12 heteroatoms. The van der Waals surface area contributed by atoms with E-state index in [2.05, 4.69) is 30.7 Å². The van der Waals surface area contributed by atoms with Crippen LogP contribution in [0, 0.1) is 0 Å². The average Bonchev–Trinajstić information content (AvgIpc) is 3.70. The fourth-order valence-electron chi connectivity index (χ4n) is 6.45. The second kappa shape index (κ2) is 10.8. The van der Waals surface area contributed by atoms with Crippen LogP contribution in [0.25, 0.3) is 22.4 Å². The summed E-state index contributed by atoms with van der Waals surface area (Å²) in [5.74, 6) is 1.72. The predicted octanol–water partition coefficient (Wildman–Crippen LogP) is 5.24. The normalized spacial score (nSPS) is 22.0. The summed E-state index contributed by atoms with van der Waals surface area (Å²) in [4.78, 5) is 26.1. The number of likely N-dealkylation sites (tertiary alicyclic amines) is 1. The van der Waals surface area contributed by atoms with Crippen LogP contribution in [0.15, 0.2) is 64.0 Å². The van der Waals surface area contributed by atoms with Crippen molar-refractivity contribution in [1.29, 1.82) is 0 Å². The van der Waals surface area contributed by atoms with Gasteiger partial charge in [-0.05, 0) is 74.7 Å². The molecule has 2 fully saturated rings. The van der Waals surface area contributed by atoms with Crippen LogP contribution in [0.4, 0.5) is 0 Å². The zero-order chi connectivity index (χ0) is 29.8. The average molecular weight is 615 g/mol. The number of rotatable bonds is 7. The van der Waals surface area contributed by atoms with Gasteiger partial charge in [0.1, 0.15) is 11.5 Å². The van der Waals surface area contributed by atoms with Crippen molar-refractivity contribution in [3.05, 3.63) is 87.4 Å². The van der Waals surface area contributed by atoms with E-state index in [1.165, 1.54) is 5.56 Å². The van der Waals surface area contributed by atoms with Crippen molar-refractivity contribution in [3.8, 4) is 22.9 Å². The van der Waals surface area contributed by atoms with Crippen LogP contribution in [0.1, 0.15) is 49.2 Å². The second-order valence-corrected chi connectivity index (χ2v) is 12.2. The Bertz CT molecular complexity index is 1890. The molecule has 1 N–H and O–H groups in total. The molecule has 3 aliphatic rings. The second-order valence-electron chi connectivity index (χ2n) is 11.8. The zero-order valence-corrected chi connectivity index (χ0v) is 24.9. The number of piperidine rings is 1. The largest absolute Gasteiger partial charge is 0.443 e. The van der Waals surface area contributed by atoms with Crippen molar-refractivity contribution in [2.75, 3.05) is 19.7 Å². The minimum atomic E-state index is -1.00. The molecule has 0 unspecified atom stereocenters. The molecular weight excluding hydrogens is 584 g/mol. The van der Waals surface area contributed by atoms with Crippen LogP contribution >= 0.6 is 11.6 Å². The molecule has 5 aromatic rings. The Kier molecular flexibility index (Phi) is 6.69. The molecule has 3 aliphatic heterocycles. The number of benzene rings is 2. The van der Waals surface area contributed by atoms with Crippen LogP contribution in [0.5, 0.6) is 11.5 Å². The molecule has 0 bridgehead atoms. The summed E-state index contributed by atoms with van der Waals surface area (Å²) in [5.41, 5.74) is 4.51. The molecule has 11 nitrogen and oxygen atoms in total. The Morgan fingerprint density at radius 2 is 1.95 bits per heavy atom. The summed E-state index contributed by atoms with van der Waals surface area (Å²) in [5, 5.41) is 4.43. The van der Waals surface area contributed by atoms with Crippen LogP contribution in [-0.4, -0.2) is 55.4 Å². The van der Waals surface area contributed by atoms with Crippen molar-refractivity contribution in [2.45, 2.75) is 57.1 Å². The molecule has 8 rings (SSSR count). The van der Waals surface area contributed by atoms with Gasteiger partial charge in [-0.3, -0.25) is 19.4 Å². The van der Waals surface area contributed by atoms with Gasteiger partial charge in [-0.1, -0.05) is 28.9 Å². The molecule has 0 amide bonds. The number of para-hydroxylation sites is 1. The van der Waals surface area contributed by atoms with E-state index in [1.807, 2.05) is 43.3 Å². The van der Waals surface area contributed by atoms with Gasteiger partial charge < -0.3 is 18.8 Å². The first kappa shape index (κ1) is 27.4. The van der Waals surface area contributed by atoms with E-state index < -0.39 is 11.5 Å². The summed E-state index contributed by atoms with van der Waals surface area (Å²) >= 11 is 6.06. The van der Waals surface area contributed by atoms with Gasteiger partial charge in [-0.15, -0.1) is 0 Å². The van der Waals surface area contributed by atoms with Gasteiger partial charge in [0.25, 0.3) is 5.79 Å². The number of pyridine rings is 1. The number of H-pyrrole nitrogens is 1. The number of fused-ring (bicyclic) bond motifs is 2. The summed E-state index contributed by atoms with van der Waals surface area (Å²) < 4.78 is 25.5. The van der Waals surface area contributed by atoms with E-state index in [1.54, 1.807) is 12.3 Å². The van der Waals surface area contributed by atoms with E-state index in [-0.39, 0.29) is 6.10 Å². The van der Waals surface area contributed by atoms with Crippen molar-refractivity contribution in [1.82, 2.24) is 29.6 Å². The van der Waals surface area contributed by atoms with E-state index in [4.69, 9.17) is 35.3 Å². The number of hydrogen-bond acceptors (Lipinski definition) is 9. The van der Waals surface area contributed by atoms with E-state index in [0.717, 1.165) is 86.0 Å². The zero-order valence-electron chi connectivity index (χ0n) is 24.2. The van der Waals surface area contributed by atoms with Gasteiger partial charge in [0.2, 0.25) is 0 Å². The van der Waals surface area contributed by atoms with Gasteiger partial charge in [0.05, 0.1) is 35.2 Å². The molecule has 2 atom stereocenters. The number of halogens is 1. The molecule has 2 aromatic carbocycles. The lowest BCUT2D eigenvalue weighted by molar-refractivity contribution is -0.0722. The molecule has 0 saturated carbocycles. The lowest BCUT2D eigenvalue weighted by atomic mass is 9.88. The maximum absolute atomic E-state index is 11.5. The highest BCUT2D eigenvalue weighted by Crippen LogP contribution is 2.49. The van der Waals surface area contributed by atoms with E-state index in [0.29, 0.717) is 22.5 Å². The third kappa shape index (κ3) is 4.94. The molecule has 44 heavy (non-hydrogen) atoms. The van der Waals surface area contributed by atoms with Gasteiger partial charge in [0, 0.05) is 30.9 Å². The van der Waals surface area contributed by atoms with Crippen molar-refractivity contribution in [2.24, 2.45) is 0 Å². The molecule has 2 saturated heterocycles. The topological polar surface area (TPSA) is 121 Å². The first-order valence-corrected chi connectivity index (χ1v) is 15.3. The van der Waals surface area contributed by atoms with Crippen LogP contribution in [0.2, 0.25) is 5.02 Å². The molecule has 0 radical (unpaired) electrons. The third-order valence-electron chi connectivity index (χ3n) is 8.92. The number of aromatic amines is 1. The number of aromatic nitrogens is 5. The molecule has 3 aromatic heterocycles. The maximum Gasteiger partial charge on any atom is 0.439 e. The minimum Gasteiger partial charge on any atom is -0.443 e. The fraction of sp³-hybridized carbons (Fsp3) is 0.375. The fourth-order valence-corrected chi connectivity index (χ4v) is 6.56. The Balaban J connectivity index is 1.00. The smallest absolute Gasteiger partial charge is 0.439 e. The van der Waals surface area contributed by atoms with Gasteiger partial charge >= 0.3 is 5.76 Å². The van der Waals surface area contributed by atoms with E-state index >= 15 is 0 Å². The van der Waals surface area contributed by atoms with E-state index in [9.17, 15) is 4.79 Å². The predicted molar refractivity (Wildman–Crippen MR) is 162 cm³/mol. The van der Waals surface area contributed by atoms with Gasteiger partial charge in [0.15, 0.2) is 17.3 Å². The maximum atomic E-state index is 11.5. The molecular formula is C32H31ClN6O5. The monoisotopic (exact) mass is 614 g/mol. The van der Waals surface area contributed by atoms with Crippen molar-refractivity contribution < 1.29 is 18.7 Å². The van der Waals surface area contributed by atoms with Gasteiger partial charge in [-0.25, -0.2) is 9.78 Å². The Labute approximate surface area is 257 Å². The highest BCUT2D eigenvalue weighted by atomic mass is 35.5. The summed E-state index contributed by atoms with van der Waals surface area (Å²) in [7, 11) is 0. The van der Waals surface area contributed by atoms with Crippen molar-refractivity contribution in [3.63, 3.8) is 0 Å². The minimum absolute atomic E-state index is 0.170. The first-order valence-electron chi connectivity index (χ1n) is 14.9. The molecule has 0 spiro atoms. The number of ether oxygens (including phenoxy) is 3. The quantitative estimate of drug-likeness (QED) is 0.262. The Morgan fingerprint density at radius 3 is 2.68 bits per heavy atom. The number of hydrogen-bond donors (Lipinski definition) is 1. The van der Waals surface area contributed by atoms with Gasteiger partial charge in [-0.2, -0.15) is 0 Å². The lowest BCUT2D eigenvalue weighted by Crippen LogP contribution is -2.35. The standard InChI is InChI=1S/C32H31ClN6O5/c1-32(27-8-6-21(33)16-34-27)42-26-4-2-3-23(29(26)43-32)19-9-12-38(13-10-19)18-28-35-24-7-5-20(30-36-31(40)44-37-30)15-25(24)39(28)17-22-11-14-41-22/h2-8,15-16,19,22H,9-14,17-18H2,1H3,(H,36,37,40)/t22-,32-/m0/s1. The molecule has 226 valence electrons. The first-order chi connectivity index (χ1) is 21.4.